The molecule has 0 unspecified atom stereocenters. The first-order valence-corrected chi connectivity index (χ1v) is 10.8. The number of nitrogens with two attached hydrogens (primary N) is 1. The molecule has 11 heteroatoms. The van der Waals surface area contributed by atoms with Crippen molar-refractivity contribution in [2.75, 3.05) is 16.8 Å². The van der Waals surface area contributed by atoms with Gasteiger partial charge in [-0.3, -0.25) is 4.79 Å². The van der Waals surface area contributed by atoms with Gasteiger partial charge in [0, 0.05) is 13.0 Å². The lowest BCUT2D eigenvalue weighted by Crippen LogP contribution is -2.26. The van der Waals surface area contributed by atoms with E-state index < -0.39 is 35.7 Å². The summed E-state index contributed by atoms with van der Waals surface area (Å²) in [4.78, 5) is 20.3. The van der Waals surface area contributed by atoms with E-state index in [4.69, 9.17) is 5.73 Å². The largest absolute Gasteiger partial charge is 0.416 e. The third-order valence-electron chi connectivity index (χ3n) is 5.78. The van der Waals surface area contributed by atoms with Gasteiger partial charge in [-0.15, -0.1) is 0 Å². The second-order valence-electron chi connectivity index (χ2n) is 8.29. The van der Waals surface area contributed by atoms with E-state index in [-0.39, 0.29) is 37.6 Å². The normalized spacial score (nSPS) is 18.0. The zero-order valence-corrected chi connectivity index (χ0v) is 18.4. The lowest BCUT2D eigenvalue weighted by Gasteiger charge is -2.26. The summed E-state index contributed by atoms with van der Waals surface area (Å²) >= 11 is 0. The average molecular weight is 491 g/mol. The Morgan fingerprint density at radius 1 is 1.06 bits per heavy atom. The smallest absolute Gasteiger partial charge is 0.369 e. The van der Waals surface area contributed by atoms with Crippen LogP contribution in [0, 0.1) is 5.82 Å². The van der Waals surface area contributed by atoms with Crippen LogP contribution in [0.5, 0.6) is 0 Å². The molecule has 3 aromatic rings. The van der Waals surface area contributed by atoms with Crippen molar-refractivity contribution >= 4 is 17.5 Å². The summed E-state index contributed by atoms with van der Waals surface area (Å²) in [6.45, 7) is 0.0681. The predicted molar refractivity (Wildman–Crippen MR) is 120 cm³/mol. The Hall–Kier alpha value is -3.76. The second-order valence-corrected chi connectivity index (χ2v) is 8.29. The Morgan fingerprint density at radius 3 is 2.34 bits per heavy atom. The maximum Gasteiger partial charge on any atom is 0.416 e. The highest BCUT2D eigenvalue weighted by Gasteiger charge is 2.37. The molecular formula is C24H22F5N5O. The van der Waals surface area contributed by atoms with Crippen LogP contribution in [0.25, 0.3) is 0 Å². The SMILES string of the molecule is NC(=O)Cc1ccc(CNc2ncnc(N3C[C@H](F)C[C@H]3c3ccc(C(F)(F)F)cc3)c2F)cc1. The van der Waals surface area contributed by atoms with Gasteiger partial charge in [0.1, 0.15) is 12.5 Å². The van der Waals surface area contributed by atoms with Gasteiger partial charge in [0.05, 0.1) is 24.6 Å². The fourth-order valence-corrected chi connectivity index (χ4v) is 4.08. The minimum Gasteiger partial charge on any atom is -0.369 e. The van der Waals surface area contributed by atoms with E-state index >= 15 is 4.39 Å². The summed E-state index contributed by atoms with van der Waals surface area (Å²) in [5, 5.41) is 2.88. The first kappa shape index (κ1) is 24.4. The van der Waals surface area contributed by atoms with Crippen molar-refractivity contribution in [1.29, 1.82) is 0 Å². The van der Waals surface area contributed by atoms with E-state index in [2.05, 4.69) is 15.3 Å². The highest BCUT2D eigenvalue weighted by Crippen LogP contribution is 2.39. The first-order valence-electron chi connectivity index (χ1n) is 10.8. The molecule has 2 heterocycles. The minimum absolute atomic E-state index is 0.00474. The number of primary amides is 1. The summed E-state index contributed by atoms with van der Waals surface area (Å²) in [6.07, 6.45) is -4.53. The molecule has 1 aliphatic rings. The molecule has 4 rings (SSSR count). The van der Waals surface area contributed by atoms with E-state index in [9.17, 15) is 22.4 Å². The minimum atomic E-state index is -4.49. The standard InChI is InChI=1S/C24H22F5N5O/c25-18-10-19(16-5-7-17(8-6-16)24(27,28)29)34(12-18)23-21(26)22(32-13-33-23)31-11-15-3-1-14(2-4-15)9-20(30)35/h1-8,13,18-19H,9-12H2,(H2,30,35)(H,31,32,33)/t18-,19+/m1/s1. The molecule has 1 fully saturated rings. The zero-order valence-electron chi connectivity index (χ0n) is 18.4. The number of amides is 1. The number of nitrogens with one attached hydrogen (secondary N) is 1. The maximum atomic E-state index is 15.3. The van der Waals surface area contributed by atoms with Crippen LogP contribution in [0.15, 0.2) is 54.9 Å². The number of carbonyl (C=O) groups is 1. The Bertz CT molecular complexity index is 1180. The second kappa shape index (κ2) is 9.85. The topological polar surface area (TPSA) is 84.1 Å². The molecule has 1 saturated heterocycles. The number of hydrogen-bond donors (Lipinski definition) is 2. The number of nitrogens with zero attached hydrogens (tertiary/aromatic N) is 3. The van der Waals surface area contributed by atoms with Crippen LogP contribution in [0.1, 0.15) is 34.7 Å². The molecule has 0 aliphatic carbocycles. The molecule has 35 heavy (non-hydrogen) atoms. The van der Waals surface area contributed by atoms with Gasteiger partial charge in [-0.1, -0.05) is 36.4 Å². The number of carbonyl (C=O) groups excluding carboxylic acids is 1. The Kier molecular flexibility index (Phi) is 6.86. The predicted octanol–water partition coefficient (Wildman–Crippen LogP) is 4.56. The third kappa shape index (κ3) is 5.67. The van der Waals surface area contributed by atoms with E-state index in [1.165, 1.54) is 17.0 Å². The van der Waals surface area contributed by atoms with Crippen molar-refractivity contribution in [1.82, 2.24) is 9.97 Å². The number of hydrogen-bond acceptors (Lipinski definition) is 5. The Labute approximate surface area is 198 Å². The first-order chi connectivity index (χ1) is 16.6. The van der Waals surface area contributed by atoms with Crippen LogP contribution in [0.3, 0.4) is 0 Å². The summed E-state index contributed by atoms with van der Waals surface area (Å²) in [6, 6.07) is 10.7. The number of anilines is 2. The Balaban J connectivity index is 1.52. The van der Waals surface area contributed by atoms with Crippen LogP contribution >= 0.6 is 0 Å². The zero-order chi connectivity index (χ0) is 25.2. The fraction of sp³-hybridized carbons (Fsp3) is 0.292. The molecule has 0 spiro atoms. The van der Waals surface area contributed by atoms with Crippen LogP contribution in [-0.2, 0) is 23.9 Å². The van der Waals surface area contributed by atoms with Gasteiger partial charge in [0.25, 0.3) is 0 Å². The molecule has 184 valence electrons. The van der Waals surface area contributed by atoms with Gasteiger partial charge >= 0.3 is 6.18 Å². The van der Waals surface area contributed by atoms with Crippen LogP contribution < -0.4 is 16.0 Å². The van der Waals surface area contributed by atoms with Gasteiger partial charge in [0.2, 0.25) is 11.7 Å². The molecule has 1 aromatic heterocycles. The lowest BCUT2D eigenvalue weighted by molar-refractivity contribution is -0.137. The van der Waals surface area contributed by atoms with Crippen molar-refractivity contribution in [3.63, 3.8) is 0 Å². The molecule has 2 aromatic carbocycles. The molecular weight excluding hydrogens is 469 g/mol. The highest BCUT2D eigenvalue weighted by molar-refractivity contribution is 5.76. The number of alkyl halides is 4. The van der Waals surface area contributed by atoms with Gasteiger partial charge < -0.3 is 16.0 Å². The molecule has 2 atom stereocenters. The van der Waals surface area contributed by atoms with Crippen molar-refractivity contribution in [3.8, 4) is 0 Å². The van der Waals surface area contributed by atoms with E-state index in [0.29, 0.717) is 5.56 Å². The van der Waals surface area contributed by atoms with Crippen LogP contribution in [0.4, 0.5) is 33.6 Å². The fourth-order valence-electron chi connectivity index (χ4n) is 4.08. The van der Waals surface area contributed by atoms with E-state index in [1.807, 2.05) is 0 Å². The van der Waals surface area contributed by atoms with Gasteiger partial charge in [-0.2, -0.15) is 17.6 Å². The van der Waals surface area contributed by atoms with Gasteiger partial charge in [-0.05, 0) is 28.8 Å². The summed E-state index contributed by atoms with van der Waals surface area (Å²) in [7, 11) is 0. The Morgan fingerprint density at radius 2 is 1.71 bits per heavy atom. The van der Waals surface area contributed by atoms with Crippen molar-refractivity contribution < 1.29 is 26.7 Å². The molecule has 3 N–H and O–H groups in total. The molecule has 0 bridgehead atoms. The van der Waals surface area contributed by atoms with E-state index in [1.54, 1.807) is 24.3 Å². The lowest BCUT2D eigenvalue weighted by atomic mass is 10.0. The van der Waals surface area contributed by atoms with Crippen LogP contribution in [0.2, 0.25) is 0 Å². The van der Waals surface area contributed by atoms with Crippen molar-refractivity contribution in [2.45, 2.75) is 37.8 Å². The molecule has 6 nitrogen and oxygen atoms in total. The summed E-state index contributed by atoms with van der Waals surface area (Å²) < 4.78 is 68.4. The quantitative estimate of drug-likeness (QED) is 0.474. The van der Waals surface area contributed by atoms with Crippen molar-refractivity contribution in [2.24, 2.45) is 5.73 Å². The van der Waals surface area contributed by atoms with Crippen molar-refractivity contribution in [3.05, 3.63) is 82.9 Å². The molecule has 1 amide bonds. The van der Waals surface area contributed by atoms with Gasteiger partial charge in [0.15, 0.2) is 11.6 Å². The monoisotopic (exact) mass is 491 g/mol. The van der Waals surface area contributed by atoms with Crippen LogP contribution in [-0.4, -0.2) is 28.6 Å². The summed E-state index contributed by atoms with van der Waals surface area (Å²) in [5.41, 5.74) is 6.34. The average Bonchev–Trinajstić information content (AvgIpc) is 3.20. The molecule has 0 saturated carbocycles. The van der Waals surface area contributed by atoms with Gasteiger partial charge in [-0.25, -0.2) is 14.4 Å². The molecule has 0 radical (unpaired) electrons. The highest BCUT2D eigenvalue weighted by atomic mass is 19.4. The number of aromatic nitrogens is 2. The van der Waals surface area contributed by atoms with E-state index in [0.717, 1.165) is 29.6 Å². The summed E-state index contributed by atoms with van der Waals surface area (Å²) in [5.74, 6) is -1.46. The maximum absolute atomic E-state index is 15.3. The third-order valence-corrected chi connectivity index (χ3v) is 5.78. The number of benzene rings is 2. The number of rotatable bonds is 7. The number of halogens is 5. The molecule has 1 aliphatic heterocycles.